The highest BCUT2D eigenvalue weighted by Crippen LogP contribution is 2.11. The topological polar surface area (TPSA) is 86.4 Å². The second-order valence-corrected chi connectivity index (χ2v) is 6.53. The maximum absolute atomic E-state index is 12.4. The van der Waals surface area contributed by atoms with Crippen LogP contribution in [0.4, 0.5) is 0 Å². The molecule has 1 aromatic carbocycles. The molecule has 0 atom stereocenters. The Labute approximate surface area is 145 Å². The number of fused-ring (bicyclic) bond motifs is 1. The summed E-state index contributed by atoms with van der Waals surface area (Å²) in [6, 6.07) is 7.43. The third-order valence-corrected chi connectivity index (χ3v) is 4.48. The molecule has 25 heavy (non-hydrogen) atoms. The van der Waals surface area contributed by atoms with Crippen molar-refractivity contribution in [2.45, 2.75) is 32.7 Å². The lowest BCUT2D eigenvalue weighted by Gasteiger charge is -2.36. The van der Waals surface area contributed by atoms with Gasteiger partial charge in [0.2, 0.25) is 11.8 Å². The molecule has 0 bridgehead atoms. The zero-order valence-corrected chi connectivity index (χ0v) is 14.5. The van der Waals surface area contributed by atoms with Gasteiger partial charge in [-0.05, 0) is 26.0 Å². The zero-order valence-electron chi connectivity index (χ0n) is 14.5. The number of aromatic amines is 1. The van der Waals surface area contributed by atoms with Crippen LogP contribution < -0.4 is 5.56 Å². The summed E-state index contributed by atoms with van der Waals surface area (Å²) in [5, 5.41) is 0. The van der Waals surface area contributed by atoms with Gasteiger partial charge in [0, 0.05) is 32.0 Å². The number of piperazine rings is 1. The number of aromatic nitrogens is 2. The molecule has 0 unspecified atom stereocenters. The lowest BCUT2D eigenvalue weighted by atomic mass is 10.2. The molecule has 1 aliphatic heterocycles. The fraction of sp³-hybridized carbons (Fsp3) is 0.444. The first-order chi connectivity index (χ1) is 12.0. The fourth-order valence-electron chi connectivity index (χ4n) is 3.07. The number of H-pyrrole nitrogens is 1. The Hall–Kier alpha value is -2.70. The van der Waals surface area contributed by atoms with E-state index in [1.807, 2.05) is 32.0 Å². The van der Waals surface area contributed by atoms with Gasteiger partial charge in [0.25, 0.3) is 5.56 Å². The Kier molecular flexibility index (Phi) is 4.83. The molecule has 2 aromatic rings. The molecule has 1 saturated heterocycles. The minimum atomic E-state index is -0.271. The minimum Gasteiger partial charge on any atom is -0.337 e. The number of nitrogens with zero attached hydrogens (tertiary/aromatic N) is 3. The second-order valence-electron chi connectivity index (χ2n) is 6.53. The average Bonchev–Trinajstić information content (AvgIpc) is 2.59. The van der Waals surface area contributed by atoms with Crippen molar-refractivity contribution < 1.29 is 9.59 Å². The summed E-state index contributed by atoms with van der Waals surface area (Å²) in [4.78, 5) is 47.0. The van der Waals surface area contributed by atoms with E-state index in [0.717, 1.165) is 0 Å². The monoisotopic (exact) mass is 342 g/mol. The van der Waals surface area contributed by atoms with Gasteiger partial charge in [-0.25, -0.2) is 4.98 Å². The van der Waals surface area contributed by atoms with Gasteiger partial charge in [0.1, 0.15) is 5.69 Å². The molecule has 132 valence electrons. The van der Waals surface area contributed by atoms with Crippen LogP contribution in [0.25, 0.3) is 11.0 Å². The van der Waals surface area contributed by atoms with Gasteiger partial charge < -0.3 is 14.8 Å². The van der Waals surface area contributed by atoms with Gasteiger partial charge in [0.15, 0.2) is 0 Å². The summed E-state index contributed by atoms with van der Waals surface area (Å²) in [5.41, 5.74) is 1.45. The highest BCUT2D eigenvalue weighted by Gasteiger charge is 2.28. The molecule has 1 N–H and O–H groups in total. The maximum atomic E-state index is 12.4. The molecule has 0 saturated carbocycles. The Bertz CT molecular complexity index is 859. The molecule has 7 heteroatoms. The summed E-state index contributed by atoms with van der Waals surface area (Å²) in [7, 11) is 0. The first-order valence-electron chi connectivity index (χ1n) is 8.51. The molecule has 2 heterocycles. The average molecular weight is 342 g/mol. The van der Waals surface area contributed by atoms with Crippen molar-refractivity contribution in [1.29, 1.82) is 0 Å². The first-order valence-corrected chi connectivity index (χ1v) is 8.51. The molecule has 2 amide bonds. The van der Waals surface area contributed by atoms with Crippen LogP contribution in [-0.2, 0) is 16.0 Å². The number of amides is 2. The van der Waals surface area contributed by atoms with Gasteiger partial charge in [-0.2, -0.15) is 0 Å². The van der Waals surface area contributed by atoms with Crippen molar-refractivity contribution in [3.63, 3.8) is 0 Å². The van der Waals surface area contributed by atoms with E-state index in [1.165, 1.54) is 0 Å². The van der Waals surface area contributed by atoms with Crippen molar-refractivity contribution in [3.8, 4) is 0 Å². The Morgan fingerprint density at radius 2 is 2.00 bits per heavy atom. The van der Waals surface area contributed by atoms with E-state index in [1.54, 1.807) is 15.9 Å². The predicted molar refractivity (Wildman–Crippen MR) is 94.1 cm³/mol. The largest absolute Gasteiger partial charge is 0.337 e. The Morgan fingerprint density at radius 3 is 2.72 bits per heavy atom. The third-order valence-electron chi connectivity index (χ3n) is 4.48. The number of benzene rings is 1. The number of para-hydroxylation sites is 2. The highest BCUT2D eigenvalue weighted by molar-refractivity contribution is 5.86. The summed E-state index contributed by atoms with van der Waals surface area (Å²) < 4.78 is 0. The van der Waals surface area contributed by atoms with Gasteiger partial charge in [-0.15, -0.1) is 0 Å². The lowest BCUT2D eigenvalue weighted by molar-refractivity contribution is -0.146. The molecule has 1 aromatic heterocycles. The van der Waals surface area contributed by atoms with Crippen LogP contribution in [0.1, 0.15) is 26.0 Å². The second kappa shape index (κ2) is 7.04. The van der Waals surface area contributed by atoms with Crippen LogP contribution in [0.2, 0.25) is 0 Å². The summed E-state index contributed by atoms with van der Waals surface area (Å²) in [5.74, 6) is -0.151. The van der Waals surface area contributed by atoms with Crippen LogP contribution in [-0.4, -0.2) is 57.3 Å². The van der Waals surface area contributed by atoms with E-state index in [-0.39, 0.29) is 42.8 Å². The SMILES string of the molecule is CC(C)N1CCN(C(=O)CCc2nc3ccccc3[nH]c2=O)CC1=O. The van der Waals surface area contributed by atoms with Gasteiger partial charge in [0.05, 0.1) is 17.6 Å². The smallest absolute Gasteiger partial charge is 0.270 e. The van der Waals surface area contributed by atoms with E-state index < -0.39 is 0 Å². The Balaban J connectivity index is 1.64. The third kappa shape index (κ3) is 3.70. The number of carbonyl (C=O) groups excluding carboxylic acids is 2. The number of hydrogen-bond donors (Lipinski definition) is 1. The van der Waals surface area contributed by atoms with Crippen LogP contribution in [0.3, 0.4) is 0 Å². The van der Waals surface area contributed by atoms with Crippen molar-refractivity contribution in [3.05, 3.63) is 40.3 Å². The van der Waals surface area contributed by atoms with Gasteiger partial charge in [-0.1, -0.05) is 12.1 Å². The normalized spacial score (nSPS) is 15.2. The van der Waals surface area contributed by atoms with Crippen molar-refractivity contribution >= 4 is 22.8 Å². The Morgan fingerprint density at radius 1 is 1.24 bits per heavy atom. The van der Waals surface area contributed by atoms with Crippen LogP contribution in [0.5, 0.6) is 0 Å². The molecule has 3 rings (SSSR count). The molecule has 0 aliphatic carbocycles. The van der Waals surface area contributed by atoms with Crippen LogP contribution >= 0.6 is 0 Å². The number of aryl methyl sites for hydroxylation is 1. The fourth-order valence-corrected chi connectivity index (χ4v) is 3.07. The number of hydrogen-bond acceptors (Lipinski definition) is 4. The summed E-state index contributed by atoms with van der Waals surface area (Å²) >= 11 is 0. The molecule has 7 nitrogen and oxygen atoms in total. The summed E-state index contributed by atoms with van der Waals surface area (Å²) in [6.45, 7) is 5.12. The maximum Gasteiger partial charge on any atom is 0.270 e. The van der Waals surface area contributed by atoms with Crippen LogP contribution in [0.15, 0.2) is 29.1 Å². The van der Waals surface area contributed by atoms with Crippen molar-refractivity contribution in [2.24, 2.45) is 0 Å². The predicted octanol–water partition coefficient (Wildman–Crippen LogP) is 0.935. The minimum absolute atomic E-state index is 0.0312. The first kappa shape index (κ1) is 17.1. The van der Waals surface area contributed by atoms with E-state index in [2.05, 4.69) is 9.97 Å². The van der Waals surface area contributed by atoms with Crippen molar-refractivity contribution in [1.82, 2.24) is 19.8 Å². The zero-order chi connectivity index (χ0) is 18.0. The molecule has 0 radical (unpaired) electrons. The van der Waals surface area contributed by atoms with E-state index in [4.69, 9.17) is 0 Å². The van der Waals surface area contributed by atoms with E-state index in [0.29, 0.717) is 29.8 Å². The molecular formula is C18H22N4O3. The molecule has 1 fully saturated rings. The molecular weight excluding hydrogens is 320 g/mol. The number of rotatable bonds is 4. The molecule has 0 spiro atoms. The quantitative estimate of drug-likeness (QED) is 0.896. The standard InChI is InChI=1S/C18H22N4O3/c1-12(2)22-10-9-21(11-17(22)24)16(23)8-7-15-18(25)20-14-6-4-3-5-13(14)19-15/h3-6,12H,7-11H2,1-2H3,(H,20,25). The highest BCUT2D eigenvalue weighted by atomic mass is 16.2. The lowest BCUT2D eigenvalue weighted by Crippen LogP contribution is -2.54. The van der Waals surface area contributed by atoms with Gasteiger partial charge >= 0.3 is 0 Å². The molecule has 1 aliphatic rings. The van der Waals surface area contributed by atoms with Crippen LogP contribution in [0, 0.1) is 0 Å². The summed E-state index contributed by atoms with van der Waals surface area (Å²) in [6.07, 6.45) is 0.432. The van der Waals surface area contributed by atoms with E-state index in [9.17, 15) is 14.4 Å². The van der Waals surface area contributed by atoms with Crippen molar-refractivity contribution in [2.75, 3.05) is 19.6 Å². The number of carbonyl (C=O) groups is 2. The van der Waals surface area contributed by atoms with Gasteiger partial charge in [-0.3, -0.25) is 14.4 Å². The van der Waals surface area contributed by atoms with E-state index >= 15 is 0 Å². The number of nitrogens with one attached hydrogen (secondary N) is 1.